The zero-order valence-corrected chi connectivity index (χ0v) is 74.5. The van der Waals surface area contributed by atoms with E-state index in [1.807, 2.05) is 0 Å². The minimum Gasteiger partial charge on any atom is -0.462 e. The van der Waals surface area contributed by atoms with Crippen LogP contribution in [-0.4, -0.2) is 96.7 Å². The Hall–Kier alpha value is -1.94. The smallest absolute Gasteiger partial charge is 0.462 e. The van der Waals surface area contributed by atoms with Gasteiger partial charge in [-0.05, 0) is 43.4 Å². The van der Waals surface area contributed by atoms with E-state index in [4.69, 9.17) is 37.0 Å². The monoisotopic (exact) mass is 1610 g/mol. The van der Waals surface area contributed by atoms with Gasteiger partial charge < -0.3 is 33.8 Å². The molecule has 0 fully saturated rings. The van der Waals surface area contributed by atoms with Gasteiger partial charge in [-0.25, -0.2) is 9.13 Å². The first-order chi connectivity index (χ1) is 53.2. The minimum absolute atomic E-state index is 0.107. The fraction of sp³-hybridized carbons (Fsp3) is 0.956. The van der Waals surface area contributed by atoms with Gasteiger partial charge in [0.2, 0.25) is 0 Å². The Morgan fingerprint density at radius 3 is 0.618 bits per heavy atom. The third-order valence-electron chi connectivity index (χ3n) is 21.4. The fourth-order valence-electron chi connectivity index (χ4n) is 14.3. The zero-order valence-electron chi connectivity index (χ0n) is 72.7. The number of unbranched alkanes of at least 4 members (excludes halogenated alkanes) is 57. The summed E-state index contributed by atoms with van der Waals surface area (Å²) in [5.74, 6) is 0.250. The first kappa shape index (κ1) is 108. The second-order valence-electron chi connectivity index (χ2n) is 34.1. The molecule has 0 saturated heterocycles. The van der Waals surface area contributed by atoms with Gasteiger partial charge in [-0.1, -0.05) is 434 Å². The highest BCUT2D eigenvalue weighted by molar-refractivity contribution is 7.47. The maximum atomic E-state index is 13.2. The Kier molecular flexibility index (Phi) is 79.4. The van der Waals surface area contributed by atoms with Crippen LogP contribution in [0.25, 0.3) is 0 Å². The maximum Gasteiger partial charge on any atom is 0.472 e. The highest BCUT2D eigenvalue weighted by Crippen LogP contribution is 2.45. The van der Waals surface area contributed by atoms with Crippen LogP contribution in [0.4, 0.5) is 0 Å². The van der Waals surface area contributed by atoms with E-state index in [2.05, 4.69) is 48.5 Å². The molecule has 0 aromatic heterocycles. The molecule has 0 aliphatic carbocycles. The van der Waals surface area contributed by atoms with Crippen LogP contribution in [0.3, 0.4) is 0 Å². The van der Waals surface area contributed by atoms with Crippen LogP contribution in [0.15, 0.2) is 0 Å². The van der Waals surface area contributed by atoms with Gasteiger partial charge in [0, 0.05) is 25.7 Å². The number of aliphatic hydroxyl groups excluding tert-OH is 1. The molecule has 0 amide bonds. The molecule has 654 valence electrons. The van der Waals surface area contributed by atoms with Crippen molar-refractivity contribution in [3.05, 3.63) is 0 Å². The summed E-state index contributed by atoms with van der Waals surface area (Å²) < 4.78 is 69.1. The molecule has 0 aliphatic rings. The summed E-state index contributed by atoms with van der Waals surface area (Å²) in [5.41, 5.74) is 0. The van der Waals surface area contributed by atoms with Crippen molar-refractivity contribution in [1.82, 2.24) is 0 Å². The van der Waals surface area contributed by atoms with Crippen molar-refractivity contribution in [2.45, 2.75) is 503 Å². The number of carbonyl (C=O) groups is 4. The molecule has 0 aliphatic heterocycles. The van der Waals surface area contributed by atoms with Crippen LogP contribution >= 0.6 is 15.6 Å². The van der Waals surface area contributed by atoms with Gasteiger partial charge in [-0.3, -0.25) is 37.3 Å². The molecule has 19 heteroatoms. The summed E-state index contributed by atoms with van der Waals surface area (Å²) in [6.07, 6.45) is 73.8. The molecule has 0 rings (SSSR count). The first-order valence-electron chi connectivity index (χ1n) is 46.8. The van der Waals surface area contributed by atoms with Gasteiger partial charge in [0.1, 0.15) is 19.3 Å². The molecule has 110 heavy (non-hydrogen) atoms. The summed E-state index contributed by atoms with van der Waals surface area (Å²) in [7, 11) is -9.94. The first-order valence-corrected chi connectivity index (χ1v) is 49.8. The highest BCUT2D eigenvalue weighted by atomic mass is 31.2. The van der Waals surface area contributed by atoms with E-state index in [0.29, 0.717) is 25.7 Å². The van der Waals surface area contributed by atoms with E-state index in [1.54, 1.807) is 0 Å². The van der Waals surface area contributed by atoms with Gasteiger partial charge in [-0.15, -0.1) is 0 Å². The largest absolute Gasteiger partial charge is 0.472 e. The normalized spacial score (nSPS) is 13.8. The molecule has 3 N–H and O–H groups in total. The molecule has 5 atom stereocenters. The highest BCUT2D eigenvalue weighted by Gasteiger charge is 2.31. The SMILES string of the molecule is CCCCCCCCCCCCCCCCCCCCCCC(=O)OC[C@H](COP(=O)(O)OC[C@@H](O)COP(=O)(O)OC[C@@H](COC(=O)CCCCCCCCCCC(C)C)OC(=O)CCCCCCCCCCCCCCCCCC(C)C)OC(=O)CCCCCCCCCCCCCCCCCCCCC(C)C. The Bertz CT molecular complexity index is 2110. The van der Waals surface area contributed by atoms with Crippen molar-refractivity contribution in [1.29, 1.82) is 0 Å². The van der Waals surface area contributed by atoms with Crippen molar-refractivity contribution >= 4 is 39.5 Å². The quantitative estimate of drug-likeness (QED) is 0.0222. The third kappa shape index (κ3) is 84.0. The predicted octanol–water partition coefficient (Wildman–Crippen LogP) is 28.0. The number of aliphatic hydroxyl groups is 1. The number of phosphoric ester groups is 2. The lowest BCUT2D eigenvalue weighted by Gasteiger charge is -2.21. The predicted molar refractivity (Wildman–Crippen MR) is 455 cm³/mol. The Labute approximate surface area is 677 Å². The van der Waals surface area contributed by atoms with Gasteiger partial charge in [-0.2, -0.15) is 0 Å². The lowest BCUT2D eigenvalue weighted by atomic mass is 10.0. The molecule has 2 unspecified atom stereocenters. The van der Waals surface area contributed by atoms with Gasteiger partial charge in [0.25, 0.3) is 0 Å². The van der Waals surface area contributed by atoms with Crippen LogP contribution in [0.1, 0.15) is 485 Å². The standard InChI is InChI=1S/C91H178O17P2/c1-8-9-10-11-12-13-14-15-16-17-18-19-23-28-33-38-43-51-58-65-72-88(93)101-78-86(107-90(95)74-67-60-53-44-39-34-29-24-21-20-22-26-31-36-41-48-55-62-69-82(2)3)80-105-109(97,98)103-76-85(92)77-104-110(99,100)106-81-87(79-102-89(94)73-66-59-52-47-46-50-57-64-71-84(6)7)108-91(96)75-68-61-54-45-40-35-30-25-27-32-37-42-49-56-63-70-83(4)5/h82-87,92H,8-81H2,1-7H3,(H,97,98)(H,99,100)/t85-,86-,87-/m1/s1. The zero-order chi connectivity index (χ0) is 80.8. The molecule has 0 aromatic carbocycles. The molecule has 0 aromatic rings. The molecule has 0 bridgehead atoms. The Morgan fingerprint density at radius 1 is 0.245 bits per heavy atom. The number of carbonyl (C=O) groups excluding carboxylic acids is 4. The average Bonchev–Trinajstić information content (AvgIpc) is 0.898. The summed E-state index contributed by atoms with van der Waals surface area (Å²) >= 11 is 0. The number of hydrogen-bond acceptors (Lipinski definition) is 15. The summed E-state index contributed by atoms with van der Waals surface area (Å²) in [4.78, 5) is 73.4. The van der Waals surface area contributed by atoms with Crippen LogP contribution < -0.4 is 0 Å². The second-order valence-corrected chi connectivity index (χ2v) is 37.0. The molecule has 0 heterocycles. The van der Waals surface area contributed by atoms with E-state index >= 15 is 0 Å². The second kappa shape index (κ2) is 80.8. The summed E-state index contributed by atoms with van der Waals surface area (Å²) in [6, 6.07) is 0. The molecule has 0 spiro atoms. The molecule has 0 saturated carbocycles. The van der Waals surface area contributed by atoms with E-state index in [-0.39, 0.29) is 25.7 Å². The number of phosphoric acid groups is 2. The molecular formula is C91H178O17P2. The Balaban J connectivity index is 5.24. The summed E-state index contributed by atoms with van der Waals surface area (Å²) in [6.45, 7) is 12.0. The number of esters is 4. The van der Waals surface area contributed by atoms with Gasteiger partial charge in [0.05, 0.1) is 26.4 Å². The molecular weight excluding hydrogens is 1430 g/mol. The summed E-state index contributed by atoms with van der Waals surface area (Å²) in [5, 5.41) is 10.7. The van der Waals surface area contributed by atoms with Crippen molar-refractivity contribution in [3.8, 4) is 0 Å². The van der Waals surface area contributed by atoms with Crippen LogP contribution in [0.5, 0.6) is 0 Å². The number of rotatable bonds is 89. The van der Waals surface area contributed by atoms with Crippen molar-refractivity contribution < 1.29 is 80.2 Å². The van der Waals surface area contributed by atoms with E-state index in [0.717, 1.165) is 108 Å². The Morgan fingerprint density at radius 2 is 0.418 bits per heavy atom. The van der Waals surface area contributed by atoms with E-state index in [9.17, 15) is 43.2 Å². The van der Waals surface area contributed by atoms with Crippen molar-refractivity contribution in [2.24, 2.45) is 17.8 Å². The van der Waals surface area contributed by atoms with E-state index < -0.39 is 97.5 Å². The number of hydrogen-bond donors (Lipinski definition) is 3. The third-order valence-corrected chi connectivity index (χ3v) is 23.3. The van der Waals surface area contributed by atoms with Crippen LogP contribution in [0.2, 0.25) is 0 Å². The van der Waals surface area contributed by atoms with E-state index in [1.165, 1.54) is 295 Å². The van der Waals surface area contributed by atoms with Crippen molar-refractivity contribution in [3.63, 3.8) is 0 Å². The molecule has 0 radical (unpaired) electrons. The number of ether oxygens (including phenoxy) is 4. The topological polar surface area (TPSA) is 237 Å². The van der Waals surface area contributed by atoms with Crippen LogP contribution in [-0.2, 0) is 65.4 Å². The van der Waals surface area contributed by atoms with Crippen molar-refractivity contribution in [2.75, 3.05) is 39.6 Å². The fourth-order valence-corrected chi connectivity index (χ4v) is 15.8. The average molecular weight is 1610 g/mol. The van der Waals surface area contributed by atoms with Gasteiger partial charge in [0.15, 0.2) is 12.2 Å². The maximum absolute atomic E-state index is 13.2. The molecule has 17 nitrogen and oxygen atoms in total. The lowest BCUT2D eigenvalue weighted by molar-refractivity contribution is -0.161. The van der Waals surface area contributed by atoms with Crippen LogP contribution in [0, 0.1) is 17.8 Å². The minimum atomic E-state index is -4.97. The lowest BCUT2D eigenvalue weighted by Crippen LogP contribution is -2.30. The van der Waals surface area contributed by atoms with Gasteiger partial charge >= 0.3 is 39.5 Å².